The Labute approximate surface area is 160 Å². The smallest absolute Gasteiger partial charge is 0.259 e. The first-order valence-electron chi connectivity index (χ1n) is 8.59. The number of anilines is 1. The molecule has 0 radical (unpaired) electrons. The molecule has 0 aliphatic rings. The summed E-state index contributed by atoms with van der Waals surface area (Å²) in [6.07, 6.45) is 2.15. The molecule has 0 aliphatic carbocycles. The molecule has 9 heteroatoms. The van der Waals surface area contributed by atoms with Crippen LogP contribution in [0.25, 0.3) is 11.5 Å². The first-order chi connectivity index (χ1) is 13.5. The largest absolute Gasteiger partial charge is 0.493 e. The molecule has 2 heterocycles. The summed E-state index contributed by atoms with van der Waals surface area (Å²) < 4.78 is 16.8. The summed E-state index contributed by atoms with van der Waals surface area (Å²) in [5, 5.41) is 6.57. The van der Waals surface area contributed by atoms with E-state index in [1.165, 1.54) is 31.0 Å². The lowest BCUT2D eigenvalue weighted by atomic mass is 10.2. The fourth-order valence-corrected chi connectivity index (χ4v) is 2.57. The zero-order chi connectivity index (χ0) is 20.1. The fourth-order valence-electron chi connectivity index (χ4n) is 2.57. The van der Waals surface area contributed by atoms with Gasteiger partial charge in [0.2, 0.25) is 5.91 Å². The van der Waals surface area contributed by atoms with E-state index in [4.69, 9.17) is 14.0 Å². The van der Waals surface area contributed by atoms with Gasteiger partial charge in [-0.15, -0.1) is 0 Å². The van der Waals surface area contributed by atoms with Crippen LogP contribution in [0.2, 0.25) is 0 Å². The minimum Gasteiger partial charge on any atom is -0.493 e. The van der Waals surface area contributed by atoms with Gasteiger partial charge in [0.05, 0.1) is 19.8 Å². The van der Waals surface area contributed by atoms with Crippen LogP contribution >= 0.6 is 0 Å². The minimum atomic E-state index is -0.369. The van der Waals surface area contributed by atoms with Gasteiger partial charge < -0.3 is 23.9 Å². The molecule has 28 heavy (non-hydrogen) atoms. The van der Waals surface area contributed by atoms with E-state index >= 15 is 0 Å². The van der Waals surface area contributed by atoms with Crippen molar-refractivity contribution in [2.75, 3.05) is 19.5 Å². The number of aryl methyl sites for hydroxylation is 1. The number of amides is 1. The molecule has 0 aliphatic heterocycles. The monoisotopic (exact) mass is 384 g/mol. The average Bonchev–Trinajstić information content (AvgIpc) is 3.18. The van der Waals surface area contributed by atoms with Crippen molar-refractivity contribution in [1.82, 2.24) is 14.7 Å². The van der Waals surface area contributed by atoms with Crippen molar-refractivity contribution >= 4 is 11.6 Å². The van der Waals surface area contributed by atoms with Crippen LogP contribution in [0.1, 0.15) is 12.7 Å². The Kier molecular flexibility index (Phi) is 5.73. The highest BCUT2D eigenvalue weighted by molar-refractivity contribution is 5.91. The maximum absolute atomic E-state index is 12.4. The van der Waals surface area contributed by atoms with E-state index in [0.29, 0.717) is 40.9 Å². The highest BCUT2D eigenvalue weighted by atomic mass is 16.5. The van der Waals surface area contributed by atoms with Gasteiger partial charge in [-0.25, -0.2) is 0 Å². The third kappa shape index (κ3) is 4.20. The second-order valence-electron chi connectivity index (χ2n) is 5.87. The molecule has 9 nitrogen and oxygen atoms in total. The van der Waals surface area contributed by atoms with Crippen LogP contribution in [-0.4, -0.2) is 34.8 Å². The number of benzene rings is 1. The van der Waals surface area contributed by atoms with Gasteiger partial charge in [-0.1, -0.05) is 12.1 Å². The predicted molar refractivity (Wildman–Crippen MR) is 102 cm³/mol. The van der Waals surface area contributed by atoms with E-state index in [1.54, 1.807) is 24.3 Å². The maximum Gasteiger partial charge on any atom is 0.259 e. The number of methoxy groups -OCH3 is 2. The summed E-state index contributed by atoms with van der Waals surface area (Å²) in [5.74, 6) is 1.54. The molecule has 146 valence electrons. The standard InChI is InChI=1S/C19H20N4O5/c1-4-16-21-19(28-22-16)12-5-8-18(25)23(10-12)11-17(24)20-13-6-7-14(26-2)15(9-13)27-3/h5-10H,4,11H2,1-3H3,(H,20,24). The normalized spacial score (nSPS) is 10.5. The van der Waals surface area contributed by atoms with Gasteiger partial charge in [-0.3, -0.25) is 9.59 Å². The Morgan fingerprint density at radius 1 is 1.18 bits per heavy atom. The molecule has 0 unspecified atom stereocenters. The number of pyridine rings is 1. The Bertz CT molecular complexity index is 1040. The fraction of sp³-hybridized carbons (Fsp3) is 0.263. The molecular weight excluding hydrogens is 364 g/mol. The van der Waals surface area contributed by atoms with Crippen molar-refractivity contribution in [1.29, 1.82) is 0 Å². The second kappa shape index (κ2) is 8.38. The van der Waals surface area contributed by atoms with Crippen molar-refractivity contribution in [3.63, 3.8) is 0 Å². The summed E-state index contributed by atoms with van der Waals surface area (Å²) in [7, 11) is 3.04. The number of carbonyl (C=O) groups excluding carboxylic acids is 1. The molecule has 0 spiro atoms. The Balaban J connectivity index is 1.76. The van der Waals surface area contributed by atoms with Crippen LogP contribution in [0.15, 0.2) is 45.8 Å². The number of hydrogen-bond acceptors (Lipinski definition) is 7. The van der Waals surface area contributed by atoms with E-state index < -0.39 is 0 Å². The molecule has 0 bridgehead atoms. The van der Waals surface area contributed by atoms with E-state index in [2.05, 4.69) is 15.5 Å². The van der Waals surface area contributed by atoms with Gasteiger partial charge in [-0.05, 0) is 18.2 Å². The summed E-state index contributed by atoms with van der Waals surface area (Å²) >= 11 is 0. The quantitative estimate of drug-likeness (QED) is 0.664. The van der Waals surface area contributed by atoms with E-state index in [-0.39, 0.29) is 18.0 Å². The Morgan fingerprint density at radius 2 is 1.96 bits per heavy atom. The van der Waals surface area contributed by atoms with E-state index in [1.807, 2.05) is 6.92 Å². The van der Waals surface area contributed by atoms with Crippen LogP contribution in [0.3, 0.4) is 0 Å². The first kappa shape index (κ1) is 19.2. The third-order valence-corrected chi connectivity index (χ3v) is 4.00. The lowest BCUT2D eigenvalue weighted by Crippen LogP contribution is -2.26. The average molecular weight is 384 g/mol. The zero-order valence-corrected chi connectivity index (χ0v) is 15.8. The lowest BCUT2D eigenvalue weighted by molar-refractivity contribution is -0.116. The van der Waals surface area contributed by atoms with Gasteiger partial charge in [-0.2, -0.15) is 4.98 Å². The lowest BCUT2D eigenvalue weighted by Gasteiger charge is -2.11. The number of aromatic nitrogens is 3. The van der Waals surface area contributed by atoms with Gasteiger partial charge in [0.15, 0.2) is 17.3 Å². The highest BCUT2D eigenvalue weighted by Gasteiger charge is 2.12. The van der Waals surface area contributed by atoms with E-state index in [0.717, 1.165) is 0 Å². The van der Waals surface area contributed by atoms with Gasteiger partial charge in [0, 0.05) is 30.4 Å². The molecule has 0 fully saturated rings. The number of ether oxygens (including phenoxy) is 2. The topological polar surface area (TPSA) is 108 Å². The molecule has 1 aromatic carbocycles. The second-order valence-corrected chi connectivity index (χ2v) is 5.87. The van der Waals surface area contributed by atoms with Gasteiger partial charge >= 0.3 is 0 Å². The van der Waals surface area contributed by atoms with Crippen LogP contribution in [0, 0.1) is 0 Å². The van der Waals surface area contributed by atoms with E-state index in [9.17, 15) is 9.59 Å². The molecule has 0 atom stereocenters. The molecule has 0 saturated carbocycles. The highest BCUT2D eigenvalue weighted by Crippen LogP contribution is 2.29. The number of hydrogen-bond donors (Lipinski definition) is 1. The van der Waals surface area contributed by atoms with Crippen molar-refractivity contribution in [3.8, 4) is 23.0 Å². The number of carbonyl (C=O) groups is 1. The SMILES string of the molecule is CCc1noc(-c2ccc(=O)n(CC(=O)Nc3ccc(OC)c(OC)c3)c2)n1. The molecule has 2 aromatic heterocycles. The number of nitrogens with one attached hydrogen (secondary N) is 1. The Morgan fingerprint density at radius 3 is 2.64 bits per heavy atom. The van der Waals surface area contributed by atoms with Crippen LogP contribution in [-0.2, 0) is 17.8 Å². The van der Waals surface area contributed by atoms with Crippen molar-refractivity contribution in [3.05, 3.63) is 52.7 Å². The van der Waals surface area contributed by atoms with Crippen LogP contribution < -0.4 is 20.3 Å². The van der Waals surface area contributed by atoms with Crippen molar-refractivity contribution < 1.29 is 18.8 Å². The molecule has 0 saturated heterocycles. The maximum atomic E-state index is 12.4. The third-order valence-electron chi connectivity index (χ3n) is 4.00. The summed E-state index contributed by atoms with van der Waals surface area (Å²) in [6, 6.07) is 7.94. The zero-order valence-electron chi connectivity index (χ0n) is 15.8. The Hall–Kier alpha value is -3.62. The minimum absolute atomic E-state index is 0.171. The molecular formula is C19H20N4O5. The number of rotatable bonds is 7. The van der Waals surface area contributed by atoms with Gasteiger partial charge in [0.1, 0.15) is 6.54 Å². The first-order valence-corrected chi connectivity index (χ1v) is 8.59. The predicted octanol–water partition coefficient (Wildman–Crippen LogP) is 2.12. The molecule has 1 N–H and O–H groups in total. The molecule has 3 aromatic rings. The van der Waals surface area contributed by atoms with Crippen molar-refractivity contribution in [2.24, 2.45) is 0 Å². The molecule has 1 amide bonds. The van der Waals surface area contributed by atoms with Crippen molar-refractivity contribution in [2.45, 2.75) is 19.9 Å². The summed E-state index contributed by atoms with van der Waals surface area (Å²) in [4.78, 5) is 28.7. The molecule has 3 rings (SSSR count). The number of nitrogens with zero attached hydrogens (tertiary/aromatic N) is 3. The van der Waals surface area contributed by atoms with Crippen LogP contribution in [0.5, 0.6) is 11.5 Å². The summed E-state index contributed by atoms with van der Waals surface area (Å²) in [5.41, 5.74) is 0.767. The van der Waals surface area contributed by atoms with Gasteiger partial charge in [0.25, 0.3) is 11.4 Å². The van der Waals surface area contributed by atoms with Crippen LogP contribution in [0.4, 0.5) is 5.69 Å². The summed E-state index contributed by atoms with van der Waals surface area (Å²) in [6.45, 7) is 1.74.